The van der Waals surface area contributed by atoms with Crippen LogP contribution >= 0.6 is 0 Å². The van der Waals surface area contributed by atoms with Gasteiger partial charge in [-0.2, -0.15) is 0 Å². The minimum Gasteiger partial charge on any atom is -0.433 e. The number of ether oxygens (including phenoxy) is 1. The molecule has 1 aliphatic carbocycles. The zero-order valence-electron chi connectivity index (χ0n) is 14.8. The van der Waals surface area contributed by atoms with E-state index in [9.17, 15) is 14.7 Å². The summed E-state index contributed by atoms with van der Waals surface area (Å²) in [5, 5.41) is 13.9. The van der Waals surface area contributed by atoms with Crippen LogP contribution in [0.15, 0.2) is 30.5 Å². The van der Waals surface area contributed by atoms with E-state index in [1.165, 1.54) is 0 Å². The maximum absolute atomic E-state index is 12.9. The first-order chi connectivity index (χ1) is 12.4. The SMILES string of the molecule is CC(Cc1c[nH]c2ccccc12)(OC(N)=O)C(=O)NC1CCCCC1O. The van der Waals surface area contributed by atoms with Gasteiger partial charge in [-0.3, -0.25) is 4.79 Å². The predicted molar refractivity (Wildman–Crippen MR) is 97.5 cm³/mol. The van der Waals surface area contributed by atoms with Gasteiger partial charge in [-0.25, -0.2) is 4.79 Å². The number of rotatable bonds is 5. The van der Waals surface area contributed by atoms with E-state index in [4.69, 9.17) is 10.5 Å². The number of H-pyrrole nitrogens is 1. The number of nitrogens with two attached hydrogens (primary N) is 1. The highest BCUT2D eigenvalue weighted by Crippen LogP contribution is 2.26. The molecule has 0 spiro atoms. The molecule has 0 aliphatic heterocycles. The highest BCUT2D eigenvalue weighted by atomic mass is 16.6. The number of benzene rings is 1. The lowest BCUT2D eigenvalue weighted by molar-refractivity contribution is -0.140. The van der Waals surface area contributed by atoms with Gasteiger partial charge in [0.25, 0.3) is 5.91 Å². The van der Waals surface area contributed by atoms with Gasteiger partial charge >= 0.3 is 6.09 Å². The van der Waals surface area contributed by atoms with Crippen molar-refractivity contribution in [2.45, 2.75) is 56.8 Å². The van der Waals surface area contributed by atoms with E-state index in [1.807, 2.05) is 24.3 Å². The van der Waals surface area contributed by atoms with E-state index in [0.29, 0.717) is 12.8 Å². The van der Waals surface area contributed by atoms with Crippen molar-refractivity contribution in [2.24, 2.45) is 5.73 Å². The second kappa shape index (κ2) is 7.37. The molecule has 3 rings (SSSR count). The molecule has 7 heteroatoms. The van der Waals surface area contributed by atoms with E-state index in [2.05, 4.69) is 10.3 Å². The fourth-order valence-electron chi connectivity index (χ4n) is 3.63. The Morgan fingerprint density at radius 3 is 2.81 bits per heavy atom. The van der Waals surface area contributed by atoms with Crippen LogP contribution in [0.4, 0.5) is 4.79 Å². The van der Waals surface area contributed by atoms with Crippen LogP contribution in [-0.2, 0) is 16.0 Å². The van der Waals surface area contributed by atoms with Crippen molar-refractivity contribution in [3.63, 3.8) is 0 Å². The van der Waals surface area contributed by atoms with E-state index in [-0.39, 0.29) is 12.5 Å². The summed E-state index contributed by atoms with van der Waals surface area (Å²) in [4.78, 5) is 27.5. The Balaban J connectivity index is 1.83. The third-order valence-corrected chi connectivity index (χ3v) is 5.05. The van der Waals surface area contributed by atoms with Gasteiger partial charge in [0, 0.05) is 23.5 Å². The number of nitrogens with one attached hydrogen (secondary N) is 2. The lowest BCUT2D eigenvalue weighted by Gasteiger charge is -2.33. The first-order valence-electron chi connectivity index (χ1n) is 8.91. The average molecular weight is 359 g/mol. The number of carbonyl (C=O) groups excluding carboxylic acids is 2. The molecule has 26 heavy (non-hydrogen) atoms. The molecule has 0 radical (unpaired) electrons. The monoisotopic (exact) mass is 359 g/mol. The molecular formula is C19H25N3O4. The summed E-state index contributed by atoms with van der Waals surface area (Å²) < 4.78 is 5.23. The molecule has 1 heterocycles. The second-order valence-corrected chi connectivity index (χ2v) is 7.12. The van der Waals surface area contributed by atoms with Crippen molar-refractivity contribution >= 4 is 22.9 Å². The van der Waals surface area contributed by atoms with Crippen LogP contribution in [0.2, 0.25) is 0 Å². The zero-order valence-corrected chi connectivity index (χ0v) is 14.8. The maximum Gasteiger partial charge on any atom is 0.405 e. The number of hydrogen-bond donors (Lipinski definition) is 4. The van der Waals surface area contributed by atoms with Gasteiger partial charge in [0.05, 0.1) is 12.1 Å². The highest BCUT2D eigenvalue weighted by molar-refractivity contribution is 5.89. The van der Waals surface area contributed by atoms with Crippen molar-refractivity contribution in [3.8, 4) is 0 Å². The molecule has 2 amide bonds. The van der Waals surface area contributed by atoms with Crippen molar-refractivity contribution < 1.29 is 19.4 Å². The van der Waals surface area contributed by atoms with E-state index in [0.717, 1.165) is 29.3 Å². The first kappa shape index (κ1) is 18.3. The van der Waals surface area contributed by atoms with Crippen LogP contribution in [0.5, 0.6) is 0 Å². The van der Waals surface area contributed by atoms with E-state index in [1.54, 1.807) is 13.1 Å². The van der Waals surface area contributed by atoms with Gasteiger partial charge < -0.3 is 25.9 Å². The molecule has 0 bridgehead atoms. The summed E-state index contributed by atoms with van der Waals surface area (Å²) in [6, 6.07) is 7.36. The van der Waals surface area contributed by atoms with Crippen LogP contribution in [-0.4, -0.2) is 39.8 Å². The number of aromatic amines is 1. The lowest BCUT2D eigenvalue weighted by atomic mass is 9.90. The van der Waals surface area contributed by atoms with Crippen molar-refractivity contribution in [3.05, 3.63) is 36.0 Å². The van der Waals surface area contributed by atoms with Crippen LogP contribution in [0, 0.1) is 0 Å². The molecule has 1 aromatic carbocycles. The maximum atomic E-state index is 12.9. The number of aliphatic hydroxyl groups is 1. The number of fused-ring (bicyclic) bond motifs is 1. The molecule has 3 unspecified atom stereocenters. The Kier molecular flexibility index (Phi) is 5.18. The molecule has 5 N–H and O–H groups in total. The number of amides is 2. The third-order valence-electron chi connectivity index (χ3n) is 5.05. The molecule has 1 aromatic heterocycles. The number of para-hydroxylation sites is 1. The minimum absolute atomic E-state index is 0.175. The minimum atomic E-state index is -1.46. The van der Waals surface area contributed by atoms with Crippen molar-refractivity contribution in [2.75, 3.05) is 0 Å². The van der Waals surface area contributed by atoms with Gasteiger partial charge in [-0.1, -0.05) is 31.0 Å². The summed E-state index contributed by atoms with van der Waals surface area (Å²) in [5.74, 6) is -0.451. The quantitative estimate of drug-likeness (QED) is 0.653. The zero-order chi connectivity index (χ0) is 18.7. The number of hydrogen-bond acceptors (Lipinski definition) is 4. The summed E-state index contributed by atoms with van der Waals surface area (Å²) in [6.07, 6.45) is 3.62. The number of primary amides is 1. The smallest absolute Gasteiger partial charge is 0.405 e. The Morgan fingerprint density at radius 2 is 2.08 bits per heavy atom. The Morgan fingerprint density at radius 1 is 1.35 bits per heavy atom. The second-order valence-electron chi connectivity index (χ2n) is 7.12. The third kappa shape index (κ3) is 3.83. The van der Waals surface area contributed by atoms with Crippen molar-refractivity contribution in [1.29, 1.82) is 0 Å². The van der Waals surface area contributed by atoms with Gasteiger partial charge in [-0.15, -0.1) is 0 Å². The first-order valence-corrected chi connectivity index (χ1v) is 8.91. The summed E-state index contributed by atoms with van der Waals surface area (Å²) in [7, 11) is 0. The summed E-state index contributed by atoms with van der Waals surface area (Å²) in [5.41, 5.74) is 5.54. The Labute approximate surface area is 151 Å². The van der Waals surface area contributed by atoms with Gasteiger partial charge in [0.15, 0.2) is 5.60 Å². The molecule has 1 aliphatic rings. The molecule has 140 valence electrons. The van der Waals surface area contributed by atoms with E-state index < -0.39 is 23.7 Å². The van der Waals surface area contributed by atoms with Crippen molar-refractivity contribution in [1.82, 2.24) is 10.3 Å². The van der Waals surface area contributed by atoms with Gasteiger partial charge in [0.1, 0.15) is 0 Å². The summed E-state index contributed by atoms with van der Waals surface area (Å²) in [6.45, 7) is 1.55. The number of aliphatic hydroxyl groups excluding tert-OH is 1. The standard InChI is InChI=1S/C19H25N3O4/c1-19(26-18(20)25,17(24)22-15-8-4-5-9-16(15)23)10-12-11-21-14-7-3-2-6-13(12)14/h2-3,6-7,11,15-16,21,23H,4-5,8-10H2,1H3,(H2,20,25)(H,22,24). The average Bonchev–Trinajstić information content (AvgIpc) is 2.99. The van der Waals surface area contributed by atoms with Gasteiger partial charge in [-0.05, 0) is 31.4 Å². The number of aromatic nitrogens is 1. The molecule has 1 saturated carbocycles. The highest BCUT2D eigenvalue weighted by Gasteiger charge is 2.40. The molecule has 2 aromatic rings. The fraction of sp³-hybridized carbons (Fsp3) is 0.474. The van der Waals surface area contributed by atoms with E-state index >= 15 is 0 Å². The normalized spacial score (nSPS) is 22.5. The lowest BCUT2D eigenvalue weighted by Crippen LogP contribution is -2.55. The molecule has 0 saturated heterocycles. The van der Waals surface area contributed by atoms with Crippen LogP contribution < -0.4 is 11.1 Å². The number of carbonyl (C=O) groups is 2. The molecular weight excluding hydrogens is 334 g/mol. The fourth-order valence-corrected chi connectivity index (χ4v) is 3.63. The molecule has 7 nitrogen and oxygen atoms in total. The Bertz CT molecular complexity index is 803. The largest absolute Gasteiger partial charge is 0.433 e. The summed E-state index contributed by atoms with van der Waals surface area (Å²) >= 11 is 0. The van der Waals surface area contributed by atoms with Crippen LogP contribution in [0.3, 0.4) is 0 Å². The van der Waals surface area contributed by atoms with Crippen LogP contribution in [0.1, 0.15) is 38.2 Å². The van der Waals surface area contributed by atoms with Crippen LogP contribution in [0.25, 0.3) is 10.9 Å². The van der Waals surface area contributed by atoms with Gasteiger partial charge in [0.2, 0.25) is 0 Å². The molecule has 3 atom stereocenters. The predicted octanol–water partition coefficient (Wildman–Crippen LogP) is 1.98. The Hall–Kier alpha value is -2.54. The topological polar surface area (TPSA) is 117 Å². The molecule has 1 fully saturated rings.